The molecule has 0 aromatic rings. The first kappa shape index (κ1) is 53.6. The van der Waals surface area contributed by atoms with Gasteiger partial charge in [0.25, 0.3) is 0 Å². The highest BCUT2D eigenvalue weighted by molar-refractivity contribution is 5.70. The molecule has 1 unspecified atom stereocenters. The van der Waals surface area contributed by atoms with E-state index < -0.39 is 6.10 Å². The van der Waals surface area contributed by atoms with E-state index in [1.54, 1.807) is 0 Å². The number of ether oxygens (including phenoxy) is 2. The lowest BCUT2D eigenvalue weighted by Crippen LogP contribution is -2.28. The van der Waals surface area contributed by atoms with Crippen molar-refractivity contribution in [1.82, 2.24) is 0 Å². The zero-order valence-corrected chi connectivity index (χ0v) is 36.9. The third kappa shape index (κ3) is 44.3. The monoisotopic (exact) mass is 783 g/mol. The van der Waals surface area contributed by atoms with Gasteiger partial charge in [-0.1, -0.05) is 222 Å². The maximum atomic E-state index is 12.2. The van der Waals surface area contributed by atoms with E-state index in [-0.39, 0.29) is 25.2 Å². The Kier molecular flexibility index (Phi) is 45.0. The Morgan fingerprint density at radius 2 is 0.768 bits per heavy atom. The van der Waals surface area contributed by atoms with Crippen LogP contribution in [0.4, 0.5) is 0 Å². The predicted octanol–water partition coefficient (Wildman–Crippen LogP) is 15.5. The summed E-state index contributed by atoms with van der Waals surface area (Å²) < 4.78 is 10.7. The maximum Gasteiger partial charge on any atom is 0.306 e. The molecule has 0 aliphatic carbocycles. The van der Waals surface area contributed by atoms with Crippen LogP contribution in [-0.4, -0.2) is 36.4 Å². The topological polar surface area (TPSA) is 72.8 Å². The third-order valence-corrected chi connectivity index (χ3v) is 10.3. The van der Waals surface area contributed by atoms with E-state index in [1.165, 1.54) is 116 Å². The van der Waals surface area contributed by atoms with E-state index in [2.05, 4.69) is 74.6 Å². The molecule has 324 valence electrons. The summed E-state index contributed by atoms with van der Waals surface area (Å²) in [5, 5.41) is 9.61. The van der Waals surface area contributed by atoms with E-state index in [9.17, 15) is 14.7 Å². The molecule has 0 saturated heterocycles. The van der Waals surface area contributed by atoms with Crippen LogP contribution in [0.2, 0.25) is 0 Å². The average molecular weight is 783 g/mol. The Hall–Kier alpha value is -2.40. The Morgan fingerprint density at radius 3 is 1.16 bits per heavy atom. The fraction of sp³-hybridized carbons (Fsp3) is 0.765. The number of allylic oxidation sites excluding steroid dienone is 10. The molecule has 5 heteroatoms. The molecule has 0 aromatic carbocycles. The average Bonchev–Trinajstić information content (AvgIpc) is 3.20. The second-order valence-electron chi connectivity index (χ2n) is 15.8. The fourth-order valence-corrected chi connectivity index (χ4v) is 6.76. The molecular weight excluding hydrogens is 693 g/mol. The molecule has 0 bridgehead atoms. The Labute approximate surface area is 347 Å². The molecule has 0 radical (unpaired) electrons. The van der Waals surface area contributed by atoms with Crippen molar-refractivity contribution in [2.45, 2.75) is 238 Å². The molecule has 0 fully saturated rings. The number of hydrogen-bond acceptors (Lipinski definition) is 5. The van der Waals surface area contributed by atoms with Crippen molar-refractivity contribution >= 4 is 11.9 Å². The normalized spacial score (nSPS) is 12.7. The van der Waals surface area contributed by atoms with Crippen LogP contribution in [-0.2, 0) is 19.1 Å². The van der Waals surface area contributed by atoms with Crippen LogP contribution in [0, 0.1) is 0 Å². The van der Waals surface area contributed by atoms with Gasteiger partial charge in [0.05, 0.1) is 6.61 Å². The van der Waals surface area contributed by atoms with Gasteiger partial charge in [0.1, 0.15) is 6.61 Å². The van der Waals surface area contributed by atoms with Gasteiger partial charge in [-0.25, -0.2) is 0 Å². The Balaban J connectivity index is 3.55. The quantitative estimate of drug-likeness (QED) is 0.0379. The van der Waals surface area contributed by atoms with Crippen LogP contribution >= 0.6 is 0 Å². The number of aliphatic hydroxyl groups excluding tert-OH is 1. The van der Waals surface area contributed by atoms with Crippen LogP contribution in [0.25, 0.3) is 0 Å². The summed E-state index contributed by atoms with van der Waals surface area (Å²) in [6, 6.07) is 0. The third-order valence-electron chi connectivity index (χ3n) is 10.3. The second kappa shape index (κ2) is 47.0. The van der Waals surface area contributed by atoms with Crippen molar-refractivity contribution in [1.29, 1.82) is 0 Å². The molecule has 0 aromatic heterocycles. The largest absolute Gasteiger partial charge is 0.462 e. The highest BCUT2D eigenvalue weighted by Gasteiger charge is 2.16. The summed E-state index contributed by atoms with van der Waals surface area (Å²) in [7, 11) is 0. The first-order chi connectivity index (χ1) is 27.6. The predicted molar refractivity (Wildman–Crippen MR) is 242 cm³/mol. The van der Waals surface area contributed by atoms with Crippen molar-refractivity contribution in [3.05, 3.63) is 60.8 Å². The smallest absolute Gasteiger partial charge is 0.306 e. The van der Waals surface area contributed by atoms with Crippen LogP contribution < -0.4 is 0 Å². The minimum Gasteiger partial charge on any atom is -0.462 e. The minimum absolute atomic E-state index is 0.0733. The van der Waals surface area contributed by atoms with E-state index in [1.807, 2.05) is 0 Å². The number of unbranched alkanes of at least 4 members (excludes halogenated alkanes) is 25. The number of rotatable bonds is 43. The van der Waals surface area contributed by atoms with Crippen molar-refractivity contribution in [3.8, 4) is 0 Å². The minimum atomic E-state index is -0.783. The molecule has 1 atom stereocenters. The number of hydrogen-bond donors (Lipinski definition) is 1. The van der Waals surface area contributed by atoms with E-state index >= 15 is 0 Å². The van der Waals surface area contributed by atoms with Gasteiger partial charge >= 0.3 is 11.9 Å². The van der Waals surface area contributed by atoms with Gasteiger partial charge < -0.3 is 14.6 Å². The van der Waals surface area contributed by atoms with Crippen LogP contribution in [0.1, 0.15) is 232 Å². The van der Waals surface area contributed by atoms with E-state index in [4.69, 9.17) is 9.47 Å². The van der Waals surface area contributed by atoms with Gasteiger partial charge in [-0.05, 0) is 57.8 Å². The fourth-order valence-electron chi connectivity index (χ4n) is 6.76. The van der Waals surface area contributed by atoms with Crippen molar-refractivity contribution in [2.75, 3.05) is 13.2 Å². The van der Waals surface area contributed by atoms with Gasteiger partial charge in [-0.3, -0.25) is 9.59 Å². The molecule has 0 amide bonds. The lowest BCUT2D eigenvalue weighted by molar-refractivity contribution is -0.161. The first-order valence-corrected chi connectivity index (χ1v) is 23.8. The summed E-state index contributed by atoms with van der Waals surface area (Å²) in [6.07, 6.45) is 61.6. The van der Waals surface area contributed by atoms with E-state index in [0.29, 0.717) is 12.8 Å². The maximum absolute atomic E-state index is 12.2. The van der Waals surface area contributed by atoms with Gasteiger partial charge in [-0.15, -0.1) is 0 Å². The standard InChI is InChI=1S/C51H90O5/c1-3-5-7-9-11-13-15-17-19-21-23-25-27-29-31-33-35-37-39-41-43-45-50(53)55-48-49(47-52)56-51(54)46-44-42-40-38-36-34-32-30-28-26-24-22-20-18-16-14-12-10-8-6-4-2/h6,8,12,14,18,20,24,26,30,32,49,52H,3-5,7,9-11,13,15-17,19,21-23,25,27-29,31,33-48H2,1-2H3/b8-6-,14-12-,20-18-,26-24-,32-30-. The molecule has 5 nitrogen and oxygen atoms in total. The summed E-state index contributed by atoms with van der Waals surface area (Å²) in [6.45, 7) is 4.03. The molecule has 56 heavy (non-hydrogen) atoms. The first-order valence-electron chi connectivity index (χ1n) is 23.8. The van der Waals surface area contributed by atoms with Crippen LogP contribution in [0.15, 0.2) is 60.8 Å². The zero-order valence-electron chi connectivity index (χ0n) is 36.9. The summed E-state index contributed by atoms with van der Waals surface area (Å²) in [5.41, 5.74) is 0. The summed E-state index contributed by atoms with van der Waals surface area (Å²) >= 11 is 0. The van der Waals surface area contributed by atoms with Crippen molar-refractivity contribution in [2.24, 2.45) is 0 Å². The van der Waals surface area contributed by atoms with Crippen molar-refractivity contribution in [3.63, 3.8) is 0 Å². The van der Waals surface area contributed by atoms with Crippen LogP contribution in [0.5, 0.6) is 0 Å². The molecule has 0 rings (SSSR count). The number of aliphatic hydroxyl groups is 1. The number of carbonyl (C=O) groups is 2. The van der Waals surface area contributed by atoms with Gasteiger partial charge in [-0.2, -0.15) is 0 Å². The van der Waals surface area contributed by atoms with Gasteiger partial charge in [0.2, 0.25) is 0 Å². The molecule has 1 N–H and O–H groups in total. The number of carbonyl (C=O) groups excluding carboxylic acids is 2. The number of esters is 2. The molecule has 0 heterocycles. The zero-order chi connectivity index (χ0) is 40.7. The summed E-state index contributed by atoms with van der Waals surface area (Å²) in [4.78, 5) is 24.4. The second-order valence-corrected chi connectivity index (χ2v) is 15.8. The highest BCUT2D eigenvalue weighted by Crippen LogP contribution is 2.16. The SMILES string of the molecule is CC/C=C\C/C=C\C/C=C\C/C=C\C/C=C\CCCCCCCC(=O)OC(CO)COC(=O)CCCCCCCCCCCCCCCCCCCCCCC. The van der Waals surface area contributed by atoms with Crippen LogP contribution in [0.3, 0.4) is 0 Å². The molecular formula is C51H90O5. The van der Waals surface area contributed by atoms with Crippen molar-refractivity contribution < 1.29 is 24.2 Å². The molecule has 0 saturated carbocycles. The Morgan fingerprint density at radius 1 is 0.429 bits per heavy atom. The van der Waals surface area contributed by atoms with Gasteiger partial charge in [0, 0.05) is 12.8 Å². The molecule has 0 spiro atoms. The lowest BCUT2D eigenvalue weighted by Gasteiger charge is -2.15. The molecule has 0 aliphatic heterocycles. The highest BCUT2D eigenvalue weighted by atomic mass is 16.6. The van der Waals surface area contributed by atoms with Gasteiger partial charge in [0.15, 0.2) is 6.10 Å². The lowest BCUT2D eigenvalue weighted by atomic mass is 10.0. The summed E-state index contributed by atoms with van der Waals surface area (Å²) in [5.74, 6) is -0.606. The molecule has 0 aliphatic rings. The Bertz CT molecular complexity index is 977. The van der Waals surface area contributed by atoms with E-state index in [0.717, 1.165) is 89.9 Å².